The van der Waals surface area contributed by atoms with E-state index in [4.69, 9.17) is 24.7 Å². The van der Waals surface area contributed by atoms with E-state index in [1.54, 1.807) is 0 Å². The second kappa shape index (κ2) is 8.82. The van der Waals surface area contributed by atoms with Gasteiger partial charge in [-0.2, -0.15) is 0 Å². The molecule has 0 aliphatic rings. The molecule has 0 aromatic rings. The Labute approximate surface area is 131 Å². The summed E-state index contributed by atoms with van der Waals surface area (Å²) in [6.07, 6.45) is -2.75. The fourth-order valence-electron chi connectivity index (χ4n) is 1.74. The molecule has 0 aliphatic heterocycles. The summed E-state index contributed by atoms with van der Waals surface area (Å²) in [6.45, 7) is -1.11. The van der Waals surface area contributed by atoms with Crippen LogP contribution in [-0.4, -0.2) is 76.5 Å². The van der Waals surface area contributed by atoms with Crippen LogP contribution >= 0.6 is 22.8 Å². The largest absolute Gasteiger partial charge is 0.481 e. The van der Waals surface area contributed by atoms with Crippen molar-refractivity contribution >= 4 is 28.8 Å². The van der Waals surface area contributed by atoms with Crippen LogP contribution in [-0.2, 0) is 18.5 Å². The first-order chi connectivity index (χ1) is 10.1. The molecule has 0 bridgehead atoms. The highest BCUT2D eigenvalue weighted by atomic mass is 31.2. The Bertz CT molecular complexity index is 507. The molecule has 0 aliphatic carbocycles. The van der Waals surface area contributed by atoms with E-state index in [-0.39, 0.29) is 0 Å². The van der Waals surface area contributed by atoms with Crippen molar-refractivity contribution in [3.05, 3.63) is 0 Å². The Hall–Kier alpha value is -0.120. The summed E-state index contributed by atoms with van der Waals surface area (Å²) in [4.78, 5) is 65.4. The Kier molecular flexibility index (Phi) is 8.78. The molecule has 1 atom stereocenters. The van der Waals surface area contributed by atoms with Crippen LogP contribution < -0.4 is 0 Å². The van der Waals surface area contributed by atoms with Crippen molar-refractivity contribution in [1.82, 2.24) is 4.90 Å². The van der Waals surface area contributed by atoms with Gasteiger partial charge in [-0.05, 0) is 6.42 Å². The molecule has 0 amide bonds. The molecule has 15 heteroatoms. The average molecular weight is 399 g/mol. The highest BCUT2D eigenvalue weighted by Gasteiger charge is 2.36. The minimum absolute atomic E-state index is 0.540. The zero-order valence-electron chi connectivity index (χ0n) is 11.9. The molecule has 0 rings (SSSR count). The van der Waals surface area contributed by atoms with Gasteiger partial charge in [0.15, 0.2) is 0 Å². The van der Waals surface area contributed by atoms with Gasteiger partial charge in [0.05, 0.1) is 12.3 Å². The van der Waals surface area contributed by atoms with Crippen LogP contribution in [0, 0.1) is 0 Å². The van der Waals surface area contributed by atoms with Gasteiger partial charge >= 0.3 is 28.8 Å². The highest BCUT2D eigenvalue weighted by molar-refractivity contribution is 7.52. The van der Waals surface area contributed by atoms with Crippen LogP contribution in [0.2, 0.25) is 0 Å². The third-order valence-electron chi connectivity index (χ3n) is 2.78. The number of hydrogen-bond acceptors (Lipinski definition) is 5. The standard InChI is InChI=1S/C8H20NO11P3/c10-8(11)2-1-7(23(18,19)20)9(3-5-21(12,13)14)4-6-22(15,16)17/h7H,1-6H2,(H,10,11)(H2,12,13,14)(H2,15,16,17)(H2,18,19,20). The van der Waals surface area contributed by atoms with Crippen LogP contribution in [0.3, 0.4) is 0 Å². The number of carbonyl (C=O) groups is 1. The number of nitrogens with zero attached hydrogens (tertiary/aromatic N) is 1. The van der Waals surface area contributed by atoms with Gasteiger partial charge < -0.3 is 34.5 Å². The molecule has 0 heterocycles. The van der Waals surface area contributed by atoms with Crippen molar-refractivity contribution in [3.63, 3.8) is 0 Å². The number of aliphatic carboxylic acids is 1. The van der Waals surface area contributed by atoms with Gasteiger partial charge in [0.2, 0.25) is 0 Å². The molecule has 0 fully saturated rings. The summed E-state index contributed by atoms with van der Waals surface area (Å²) in [7, 11) is -13.9. The normalized spacial score (nSPS) is 14.9. The first-order valence-electron chi connectivity index (χ1n) is 6.22. The number of carboxylic acid groups (broad SMARTS) is 1. The van der Waals surface area contributed by atoms with Crippen LogP contribution in [0.5, 0.6) is 0 Å². The van der Waals surface area contributed by atoms with E-state index in [0.29, 0.717) is 0 Å². The second-order valence-corrected chi connectivity index (χ2v) is 10.1. The van der Waals surface area contributed by atoms with Crippen LogP contribution in [0.1, 0.15) is 12.8 Å². The summed E-state index contributed by atoms with van der Waals surface area (Å²) < 4.78 is 33.3. The molecule has 0 saturated heterocycles. The van der Waals surface area contributed by atoms with E-state index in [1.165, 1.54) is 0 Å². The molecular formula is C8H20NO11P3. The van der Waals surface area contributed by atoms with E-state index >= 15 is 0 Å². The maximum Gasteiger partial charge on any atom is 0.342 e. The fraction of sp³-hybridized carbons (Fsp3) is 0.875. The van der Waals surface area contributed by atoms with Gasteiger partial charge in [0, 0.05) is 19.5 Å². The van der Waals surface area contributed by atoms with Gasteiger partial charge in [-0.3, -0.25) is 23.4 Å². The van der Waals surface area contributed by atoms with E-state index in [0.717, 1.165) is 4.90 Å². The Balaban J connectivity index is 5.26. The van der Waals surface area contributed by atoms with Crippen molar-refractivity contribution in [1.29, 1.82) is 0 Å². The summed E-state index contributed by atoms with van der Waals surface area (Å²) in [6, 6.07) is 0. The monoisotopic (exact) mass is 399 g/mol. The lowest BCUT2D eigenvalue weighted by Gasteiger charge is -2.32. The van der Waals surface area contributed by atoms with Gasteiger partial charge in [-0.25, -0.2) is 0 Å². The lowest BCUT2D eigenvalue weighted by Crippen LogP contribution is -2.39. The molecule has 0 spiro atoms. The van der Waals surface area contributed by atoms with E-state index < -0.39 is 72.8 Å². The lowest BCUT2D eigenvalue weighted by molar-refractivity contribution is -0.137. The second-order valence-electron chi connectivity index (χ2n) is 4.81. The Morgan fingerprint density at radius 3 is 1.52 bits per heavy atom. The van der Waals surface area contributed by atoms with Gasteiger partial charge in [0.25, 0.3) is 0 Å². The van der Waals surface area contributed by atoms with Crippen molar-refractivity contribution in [3.8, 4) is 0 Å². The van der Waals surface area contributed by atoms with Crippen LogP contribution in [0.25, 0.3) is 0 Å². The zero-order valence-corrected chi connectivity index (χ0v) is 14.6. The highest BCUT2D eigenvalue weighted by Crippen LogP contribution is 2.46. The van der Waals surface area contributed by atoms with E-state index in [9.17, 15) is 28.3 Å². The summed E-state index contributed by atoms with van der Waals surface area (Å²) in [5.41, 5.74) is 0. The predicted octanol–water partition coefficient (Wildman–Crippen LogP) is -0.988. The molecular weight excluding hydrogens is 379 g/mol. The van der Waals surface area contributed by atoms with Gasteiger partial charge in [0.1, 0.15) is 5.78 Å². The quantitative estimate of drug-likeness (QED) is 0.209. The Morgan fingerprint density at radius 1 is 0.870 bits per heavy atom. The molecule has 23 heavy (non-hydrogen) atoms. The van der Waals surface area contributed by atoms with Crippen molar-refractivity contribution in [2.75, 3.05) is 25.4 Å². The summed E-state index contributed by atoms with van der Waals surface area (Å²) in [5, 5.41) is 8.61. The van der Waals surface area contributed by atoms with Crippen molar-refractivity contribution in [2.24, 2.45) is 0 Å². The molecule has 7 N–H and O–H groups in total. The molecule has 12 nitrogen and oxygen atoms in total. The maximum atomic E-state index is 11.5. The third kappa shape index (κ3) is 12.0. The number of hydrogen-bond donors (Lipinski definition) is 7. The smallest absolute Gasteiger partial charge is 0.342 e. The minimum atomic E-state index is -4.90. The third-order valence-corrected chi connectivity index (χ3v) is 5.71. The summed E-state index contributed by atoms with van der Waals surface area (Å²) in [5.74, 6) is -3.05. The Morgan fingerprint density at radius 2 is 1.26 bits per heavy atom. The molecule has 0 aromatic carbocycles. The average Bonchev–Trinajstić information content (AvgIpc) is 2.27. The first kappa shape index (κ1) is 22.9. The number of carboxylic acids is 1. The van der Waals surface area contributed by atoms with Crippen molar-refractivity contribution in [2.45, 2.75) is 18.6 Å². The topological polar surface area (TPSA) is 213 Å². The zero-order chi connectivity index (χ0) is 18.5. The van der Waals surface area contributed by atoms with E-state index in [2.05, 4.69) is 0 Å². The van der Waals surface area contributed by atoms with Crippen molar-refractivity contribution < 1.29 is 53.0 Å². The molecule has 138 valence electrons. The number of rotatable bonds is 11. The molecule has 1 unspecified atom stereocenters. The molecule has 0 saturated carbocycles. The van der Waals surface area contributed by atoms with Gasteiger partial charge in [-0.15, -0.1) is 0 Å². The first-order valence-corrected chi connectivity index (χ1v) is 11.5. The van der Waals surface area contributed by atoms with Crippen LogP contribution in [0.4, 0.5) is 0 Å². The maximum absolute atomic E-state index is 11.5. The predicted molar refractivity (Wildman–Crippen MR) is 78.1 cm³/mol. The lowest BCUT2D eigenvalue weighted by atomic mass is 10.3. The molecule has 0 radical (unpaired) electrons. The van der Waals surface area contributed by atoms with E-state index in [1.807, 2.05) is 0 Å². The van der Waals surface area contributed by atoms with Gasteiger partial charge in [-0.1, -0.05) is 0 Å². The molecule has 0 aromatic heterocycles. The summed E-state index contributed by atoms with van der Waals surface area (Å²) >= 11 is 0. The van der Waals surface area contributed by atoms with Crippen LogP contribution in [0.15, 0.2) is 0 Å². The minimum Gasteiger partial charge on any atom is -0.481 e. The fourth-order valence-corrected chi connectivity index (χ4v) is 3.90. The SMILES string of the molecule is O=C(O)CCC(N(CCP(=O)(O)O)CCP(=O)(O)O)P(=O)(O)O.